The van der Waals surface area contributed by atoms with Gasteiger partial charge in [-0.3, -0.25) is 0 Å². The molecule has 0 radical (unpaired) electrons. The predicted octanol–water partition coefficient (Wildman–Crippen LogP) is -0.592. The zero-order chi connectivity index (χ0) is 14.1. The number of hydrogen-bond donors (Lipinski definition) is 4. The minimum atomic E-state index is -1.44. The fraction of sp³-hybridized carbons (Fsp3) is 0.545. The maximum atomic E-state index is 11.3. The normalized spacial score (nSPS) is 11.8. The first kappa shape index (κ1) is 15.0. The number of aliphatic hydroxyl groups is 1. The molecule has 0 unspecified atom stereocenters. The van der Waals surface area contributed by atoms with Gasteiger partial charge >= 0.3 is 12.0 Å². The number of nitrogens with zero attached hydrogens (tertiary/aromatic N) is 2. The highest BCUT2D eigenvalue weighted by Crippen LogP contribution is 1.90. The van der Waals surface area contributed by atoms with Gasteiger partial charge in [-0.2, -0.15) is 0 Å². The second kappa shape index (κ2) is 8.09. The van der Waals surface area contributed by atoms with Crippen LogP contribution in [0.2, 0.25) is 0 Å². The van der Waals surface area contributed by atoms with E-state index >= 15 is 0 Å². The smallest absolute Gasteiger partial charge is 0.332 e. The fourth-order valence-electron chi connectivity index (χ4n) is 1.39. The molecular formula is C11H18N4O4. The van der Waals surface area contributed by atoms with E-state index in [-0.39, 0.29) is 19.0 Å². The number of amides is 2. The summed E-state index contributed by atoms with van der Waals surface area (Å²) in [6.07, 6.45) is 4.54. The highest BCUT2D eigenvalue weighted by atomic mass is 16.4. The van der Waals surface area contributed by atoms with Gasteiger partial charge in [-0.25, -0.2) is 14.6 Å². The van der Waals surface area contributed by atoms with Crippen molar-refractivity contribution in [3.63, 3.8) is 0 Å². The van der Waals surface area contributed by atoms with E-state index in [0.29, 0.717) is 6.54 Å². The Morgan fingerprint density at radius 1 is 1.32 bits per heavy atom. The predicted molar refractivity (Wildman–Crippen MR) is 66.5 cm³/mol. The van der Waals surface area contributed by atoms with Gasteiger partial charge in [0, 0.05) is 38.4 Å². The molecular weight excluding hydrogens is 252 g/mol. The molecule has 0 aliphatic carbocycles. The van der Waals surface area contributed by atoms with Crippen LogP contribution in [0.4, 0.5) is 4.79 Å². The van der Waals surface area contributed by atoms with Gasteiger partial charge in [0.1, 0.15) is 0 Å². The Morgan fingerprint density at radius 3 is 2.68 bits per heavy atom. The number of imidazole rings is 1. The molecule has 8 heteroatoms. The minimum absolute atomic E-state index is 0.0161. The van der Waals surface area contributed by atoms with E-state index in [1.54, 1.807) is 12.5 Å². The van der Waals surface area contributed by atoms with Crippen LogP contribution < -0.4 is 10.6 Å². The lowest BCUT2D eigenvalue weighted by Gasteiger charge is -2.09. The van der Waals surface area contributed by atoms with Crippen molar-refractivity contribution in [2.45, 2.75) is 25.5 Å². The van der Waals surface area contributed by atoms with Crippen molar-refractivity contribution < 1.29 is 19.8 Å². The summed E-state index contributed by atoms with van der Waals surface area (Å²) in [7, 11) is 0. The Bertz CT molecular complexity index is 393. The molecule has 106 valence electrons. The molecule has 0 fully saturated rings. The highest BCUT2D eigenvalue weighted by molar-refractivity contribution is 5.74. The first-order chi connectivity index (χ1) is 9.09. The number of carbonyl (C=O) groups excluding carboxylic acids is 1. The molecule has 1 heterocycles. The number of aliphatic hydroxyl groups excluding tert-OH is 1. The monoisotopic (exact) mass is 270 g/mol. The third kappa shape index (κ3) is 6.41. The molecule has 0 saturated carbocycles. The molecule has 0 aromatic carbocycles. The van der Waals surface area contributed by atoms with Gasteiger partial charge in [-0.05, 0) is 6.42 Å². The molecule has 0 aliphatic heterocycles. The van der Waals surface area contributed by atoms with Crippen molar-refractivity contribution in [1.29, 1.82) is 0 Å². The molecule has 4 N–H and O–H groups in total. The lowest BCUT2D eigenvalue weighted by molar-refractivity contribution is -0.146. The maximum absolute atomic E-state index is 11.3. The van der Waals surface area contributed by atoms with Crippen LogP contribution in [0.1, 0.15) is 12.8 Å². The number of urea groups is 1. The van der Waals surface area contributed by atoms with Gasteiger partial charge < -0.3 is 25.4 Å². The number of carboxylic acids is 1. The summed E-state index contributed by atoms with van der Waals surface area (Å²) < 4.78 is 1.91. The molecule has 8 nitrogen and oxygen atoms in total. The number of nitrogens with one attached hydrogen (secondary N) is 2. The molecule has 0 saturated heterocycles. The van der Waals surface area contributed by atoms with E-state index in [2.05, 4.69) is 15.6 Å². The van der Waals surface area contributed by atoms with Gasteiger partial charge in [0.2, 0.25) is 0 Å². The van der Waals surface area contributed by atoms with E-state index in [9.17, 15) is 9.59 Å². The van der Waals surface area contributed by atoms with Crippen molar-refractivity contribution in [3.8, 4) is 0 Å². The van der Waals surface area contributed by atoms with Crippen molar-refractivity contribution >= 4 is 12.0 Å². The number of rotatable bonds is 8. The molecule has 19 heavy (non-hydrogen) atoms. The average molecular weight is 270 g/mol. The quantitative estimate of drug-likeness (QED) is 0.471. The van der Waals surface area contributed by atoms with Gasteiger partial charge in [0.05, 0.1) is 6.33 Å². The van der Waals surface area contributed by atoms with E-state index in [0.717, 1.165) is 13.0 Å². The van der Waals surface area contributed by atoms with Crippen molar-refractivity contribution in [2.24, 2.45) is 0 Å². The Labute approximate surface area is 110 Å². The first-order valence-electron chi connectivity index (χ1n) is 5.98. The number of carboxylic acid groups (broad SMARTS) is 1. The maximum Gasteiger partial charge on any atom is 0.332 e. The topological polar surface area (TPSA) is 116 Å². The third-order valence-corrected chi connectivity index (χ3v) is 2.43. The number of hydrogen-bond acceptors (Lipinski definition) is 4. The van der Waals surface area contributed by atoms with Gasteiger partial charge in [-0.15, -0.1) is 0 Å². The van der Waals surface area contributed by atoms with Crippen LogP contribution in [0.3, 0.4) is 0 Å². The molecule has 1 aromatic heterocycles. The SMILES string of the molecule is O=C(NCCCn1ccnc1)NCC[C@H](O)C(=O)O. The van der Waals surface area contributed by atoms with Crippen LogP contribution in [0.5, 0.6) is 0 Å². The first-order valence-corrected chi connectivity index (χ1v) is 5.98. The number of aryl methyl sites for hydroxylation is 1. The van der Waals surface area contributed by atoms with Crippen LogP contribution in [0.25, 0.3) is 0 Å². The Balaban J connectivity index is 2.00. The van der Waals surface area contributed by atoms with E-state index < -0.39 is 12.1 Å². The van der Waals surface area contributed by atoms with Crippen molar-refractivity contribution in [2.75, 3.05) is 13.1 Å². The molecule has 0 bridgehead atoms. The lowest BCUT2D eigenvalue weighted by atomic mass is 10.2. The number of aromatic nitrogens is 2. The molecule has 0 aliphatic rings. The van der Waals surface area contributed by atoms with Crippen LogP contribution in [-0.2, 0) is 11.3 Å². The fourth-order valence-corrected chi connectivity index (χ4v) is 1.39. The van der Waals surface area contributed by atoms with Gasteiger partial charge in [0.25, 0.3) is 0 Å². The summed E-state index contributed by atoms with van der Waals surface area (Å²) in [4.78, 5) is 25.5. The highest BCUT2D eigenvalue weighted by Gasteiger charge is 2.12. The second-order valence-corrected chi connectivity index (χ2v) is 3.98. The number of aliphatic carboxylic acids is 1. The summed E-state index contributed by atoms with van der Waals surface area (Å²) in [6, 6.07) is -0.372. The van der Waals surface area contributed by atoms with E-state index in [1.807, 2.05) is 10.8 Å². The van der Waals surface area contributed by atoms with Gasteiger partial charge in [-0.1, -0.05) is 0 Å². The van der Waals surface area contributed by atoms with Crippen LogP contribution in [0.15, 0.2) is 18.7 Å². The lowest BCUT2D eigenvalue weighted by Crippen LogP contribution is -2.38. The molecule has 1 rings (SSSR count). The standard InChI is InChI=1S/C11H18N4O4/c16-9(10(17)18)2-4-14-11(19)13-3-1-6-15-7-5-12-8-15/h5,7-9,16H,1-4,6H2,(H,17,18)(H2,13,14,19)/t9-/m0/s1. The Morgan fingerprint density at radius 2 is 2.05 bits per heavy atom. The zero-order valence-corrected chi connectivity index (χ0v) is 10.5. The molecule has 2 amide bonds. The molecule has 1 atom stereocenters. The number of carbonyl (C=O) groups is 2. The Hall–Kier alpha value is -2.09. The zero-order valence-electron chi connectivity index (χ0n) is 10.5. The van der Waals surface area contributed by atoms with Crippen LogP contribution in [0, 0.1) is 0 Å². The van der Waals surface area contributed by atoms with E-state index in [4.69, 9.17) is 10.2 Å². The third-order valence-electron chi connectivity index (χ3n) is 2.43. The summed E-state index contributed by atoms with van der Waals surface area (Å²) >= 11 is 0. The Kier molecular flexibility index (Phi) is 6.37. The molecule has 0 spiro atoms. The van der Waals surface area contributed by atoms with Crippen LogP contribution >= 0.6 is 0 Å². The molecule has 1 aromatic rings. The van der Waals surface area contributed by atoms with Gasteiger partial charge in [0.15, 0.2) is 6.10 Å². The summed E-state index contributed by atoms with van der Waals surface area (Å²) in [5.41, 5.74) is 0. The largest absolute Gasteiger partial charge is 0.479 e. The summed E-state index contributed by atoms with van der Waals surface area (Å²) in [5.74, 6) is -1.29. The summed E-state index contributed by atoms with van der Waals surface area (Å²) in [5, 5.41) is 22.5. The van der Waals surface area contributed by atoms with E-state index in [1.165, 1.54) is 0 Å². The van der Waals surface area contributed by atoms with Crippen LogP contribution in [-0.4, -0.2) is 51.0 Å². The average Bonchev–Trinajstić information content (AvgIpc) is 2.87. The summed E-state index contributed by atoms with van der Waals surface area (Å²) in [6.45, 7) is 1.38. The van der Waals surface area contributed by atoms with Crippen molar-refractivity contribution in [3.05, 3.63) is 18.7 Å². The minimum Gasteiger partial charge on any atom is -0.479 e. The van der Waals surface area contributed by atoms with Crippen molar-refractivity contribution in [1.82, 2.24) is 20.2 Å². The second-order valence-electron chi connectivity index (χ2n) is 3.98.